The van der Waals surface area contributed by atoms with E-state index >= 15 is 0 Å². The number of carbonyl (C=O) groups is 2. The Kier molecular flexibility index (Phi) is 2.44. The summed E-state index contributed by atoms with van der Waals surface area (Å²) < 4.78 is 2.69. The number of hydrogen-bond acceptors (Lipinski definition) is 6. The molecule has 23 heavy (non-hydrogen) atoms. The molecular formula is C14H10N6O3. The van der Waals surface area contributed by atoms with Gasteiger partial charge in [-0.25, -0.2) is 4.68 Å². The second kappa shape index (κ2) is 4.26. The van der Waals surface area contributed by atoms with Crippen molar-refractivity contribution in [1.29, 1.82) is 0 Å². The van der Waals surface area contributed by atoms with E-state index in [4.69, 9.17) is 5.73 Å². The first-order valence-corrected chi connectivity index (χ1v) is 6.69. The Morgan fingerprint density at radius 2 is 1.96 bits per heavy atom. The Labute approximate surface area is 128 Å². The van der Waals surface area contributed by atoms with E-state index in [1.54, 1.807) is 25.2 Å². The molecular weight excluding hydrogens is 300 g/mol. The highest BCUT2D eigenvalue weighted by molar-refractivity contribution is 6.23. The van der Waals surface area contributed by atoms with E-state index < -0.39 is 17.4 Å². The fourth-order valence-corrected chi connectivity index (χ4v) is 2.80. The van der Waals surface area contributed by atoms with Crippen LogP contribution >= 0.6 is 0 Å². The summed E-state index contributed by atoms with van der Waals surface area (Å²) in [7, 11) is 1.68. The van der Waals surface area contributed by atoms with Crippen LogP contribution in [0.4, 0.5) is 5.82 Å². The number of amides is 2. The van der Waals surface area contributed by atoms with Crippen molar-refractivity contribution in [3.8, 4) is 5.69 Å². The number of nitrogens with one attached hydrogen (secondary N) is 1. The van der Waals surface area contributed by atoms with Crippen molar-refractivity contribution in [1.82, 2.24) is 24.9 Å². The van der Waals surface area contributed by atoms with E-state index in [2.05, 4.69) is 15.6 Å². The molecule has 3 aromatic rings. The van der Waals surface area contributed by atoms with Gasteiger partial charge in [-0.1, -0.05) is 11.3 Å². The van der Waals surface area contributed by atoms with Crippen LogP contribution < -0.4 is 16.6 Å². The first kappa shape index (κ1) is 13.2. The van der Waals surface area contributed by atoms with Gasteiger partial charge in [-0.05, 0) is 12.1 Å². The van der Waals surface area contributed by atoms with Crippen molar-refractivity contribution in [3.63, 3.8) is 0 Å². The molecule has 0 atom stereocenters. The summed E-state index contributed by atoms with van der Waals surface area (Å²) in [5, 5.41) is 10.0. The average molecular weight is 310 g/mol. The van der Waals surface area contributed by atoms with Gasteiger partial charge in [0.2, 0.25) is 0 Å². The molecule has 3 N–H and O–H groups in total. The highest BCUT2D eigenvalue weighted by Gasteiger charge is 2.32. The number of benzene rings is 1. The molecule has 0 spiro atoms. The molecule has 1 aliphatic heterocycles. The molecule has 1 aliphatic rings. The van der Waals surface area contributed by atoms with Crippen LogP contribution in [0.15, 0.2) is 29.1 Å². The second-order valence-electron chi connectivity index (χ2n) is 5.13. The number of aromatic nitrogens is 4. The summed E-state index contributed by atoms with van der Waals surface area (Å²) in [6.45, 7) is 0. The summed E-state index contributed by atoms with van der Waals surface area (Å²) in [6, 6.07) is 6.23. The van der Waals surface area contributed by atoms with Crippen LogP contribution in [0.1, 0.15) is 20.7 Å². The van der Waals surface area contributed by atoms with E-state index in [9.17, 15) is 14.4 Å². The summed E-state index contributed by atoms with van der Waals surface area (Å²) in [5.41, 5.74) is 7.11. The molecule has 9 heteroatoms. The van der Waals surface area contributed by atoms with Gasteiger partial charge in [0.05, 0.1) is 16.8 Å². The molecule has 0 radical (unpaired) electrons. The van der Waals surface area contributed by atoms with Crippen LogP contribution in [0.25, 0.3) is 16.7 Å². The molecule has 114 valence electrons. The predicted octanol–water partition coefficient (Wildman–Crippen LogP) is -0.415. The van der Waals surface area contributed by atoms with Gasteiger partial charge < -0.3 is 5.73 Å². The van der Waals surface area contributed by atoms with Crippen molar-refractivity contribution in [2.45, 2.75) is 0 Å². The van der Waals surface area contributed by atoms with Crippen LogP contribution in [0.5, 0.6) is 0 Å². The van der Waals surface area contributed by atoms with E-state index in [0.717, 1.165) is 6.07 Å². The maximum Gasteiger partial charge on any atom is 0.262 e. The fourth-order valence-electron chi connectivity index (χ4n) is 2.80. The topological polar surface area (TPSA) is 125 Å². The third kappa shape index (κ3) is 1.64. The lowest BCUT2D eigenvalue weighted by atomic mass is 10.1. The number of imide groups is 1. The number of carbonyl (C=O) groups excluding carboxylic acids is 2. The third-order valence-electron chi connectivity index (χ3n) is 3.80. The number of para-hydroxylation sites is 1. The summed E-state index contributed by atoms with van der Waals surface area (Å²) in [4.78, 5) is 36.1. The van der Waals surface area contributed by atoms with Crippen molar-refractivity contribution < 1.29 is 9.59 Å². The molecule has 0 unspecified atom stereocenters. The monoisotopic (exact) mass is 310 g/mol. The lowest BCUT2D eigenvalue weighted by molar-refractivity contribution is 0.0880. The Morgan fingerprint density at radius 1 is 1.17 bits per heavy atom. The van der Waals surface area contributed by atoms with Crippen LogP contribution in [0, 0.1) is 0 Å². The molecule has 3 heterocycles. The lowest BCUT2D eigenvalue weighted by Gasteiger charge is -2.13. The Morgan fingerprint density at radius 3 is 2.74 bits per heavy atom. The summed E-state index contributed by atoms with van der Waals surface area (Å²) in [5.74, 6) is -1.34. The van der Waals surface area contributed by atoms with Crippen LogP contribution in [-0.2, 0) is 7.05 Å². The van der Waals surface area contributed by atoms with E-state index in [1.165, 1.54) is 9.25 Å². The minimum atomic E-state index is -0.624. The van der Waals surface area contributed by atoms with E-state index in [1.807, 2.05) is 0 Å². The molecule has 0 fully saturated rings. The molecule has 2 aromatic heterocycles. The number of aryl methyl sites for hydroxylation is 1. The maximum atomic E-state index is 12.5. The smallest absolute Gasteiger partial charge is 0.262 e. The maximum absolute atomic E-state index is 12.5. The lowest BCUT2D eigenvalue weighted by Crippen LogP contribution is -2.24. The van der Waals surface area contributed by atoms with Crippen molar-refractivity contribution >= 4 is 28.7 Å². The van der Waals surface area contributed by atoms with Gasteiger partial charge in [0.25, 0.3) is 17.4 Å². The standard InChI is InChI=1S/C14H10N6O3/c1-19-11-7(17-18-19)3-2-4-8(11)20-9(21)5-6-10(12(20)15)14(23)16-13(6)22/h2-5H,15H2,1H3,(H,16,22,23). The van der Waals surface area contributed by atoms with Gasteiger partial charge in [-0.3, -0.25) is 24.3 Å². The summed E-state index contributed by atoms with van der Waals surface area (Å²) >= 11 is 0. The number of nitrogen functional groups attached to an aromatic ring is 1. The van der Waals surface area contributed by atoms with Crippen molar-refractivity contribution in [3.05, 3.63) is 45.7 Å². The van der Waals surface area contributed by atoms with Gasteiger partial charge in [-0.15, -0.1) is 5.10 Å². The zero-order chi connectivity index (χ0) is 16.3. The number of nitrogens with two attached hydrogens (primary N) is 1. The highest BCUT2D eigenvalue weighted by atomic mass is 16.2. The fraction of sp³-hybridized carbons (Fsp3) is 0.0714. The van der Waals surface area contributed by atoms with Crippen LogP contribution in [0.3, 0.4) is 0 Å². The Balaban J connectivity index is 2.13. The molecule has 2 amide bonds. The average Bonchev–Trinajstić information content (AvgIpc) is 3.01. The number of fused-ring (bicyclic) bond motifs is 2. The number of anilines is 1. The van der Waals surface area contributed by atoms with Crippen molar-refractivity contribution in [2.24, 2.45) is 7.05 Å². The molecule has 1 aromatic carbocycles. The Hall–Kier alpha value is -3.49. The highest BCUT2D eigenvalue weighted by Crippen LogP contribution is 2.26. The molecule has 0 aliphatic carbocycles. The molecule has 0 saturated carbocycles. The minimum absolute atomic E-state index is 0.00160. The number of hydrogen-bond donors (Lipinski definition) is 2. The van der Waals surface area contributed by atoms with Gasteiger partial charge in [0, 0.05) is 13.1 Å². The predicted molar refractivity (Wildman–Crippen MR) is 80.3 cm³/mol. The number of pyridine rings is 1. The Bertz CT molecular complexity index is 1080. The first-order valence-electron chi connectivity index (χ1n) is 6.69. The number of rotatable bonds is 1. The SMILES string of the molecule is Cn1nnc2cccc(-n3c(N)c4c(cc3=O)C(=O)NC4=O)c21. The van der Waals surface area contributed by atoms with Crippen LogP contribution in [-0.4, -0.2) is 31.4 Å². The molecule has 9 nitrogen and oxygen atoms in total. The summed E-state index contributed by atoms with van der Waals surface area (Å²) in [6.07, 6.45) is 0. The first-order chi connectivity index (χ1) is 11.0. The minimum Gasteiger partial charge on any atom is -0.384 e. The van der Waals surface area contributed by atoms with Crippen LogP contribution in [0.2, 0.25) is 0 Å². The zero-order valence-electron chi connectivity index (χ0n) is 11.9. The quantitative estimate of drug-likeness (QED) is 0.588. The van der Waals surface area contributed by atoms with Crippen molar-refractivity contribution in [2.75, 3.05) is 5.73 Å². The largest absolute Gasteiger partial charge is 0.384 e. The van der Waals surface area contributed by atoms with Gasteiger partial charge in [-0.2, -0.15) is 0 Å². The van der Waals surface area contributed by atoms with Gasteiger partial charge in [0.15, 0.2) is 0 Å². The zero-order valence-corrected chi connectivity index (χ0v) is 11.9. The van der Waals surface area contributed by atoms with Gasteiger partial charge in [0.1, 0.15) is 16.9 Å². The second-order valence-corrected chi connectivity index (χ2v) is 5.13. The van der Waals surface area contributed by atoms with E-state index in [0.29, 0.717) is 16.7 Å². The molecule has 0 saturated heterocycles. The molecule has 0 bridgehead atoms. The molecule has 4 rings (SSSR count). The normalized spacial score (nSPS) is 13.4. The van der Waals surface area contributed by atoms with E-state index in [-0.39, 0.29) is 16.9 Å². The van der Waals surface area contributed by atoms with Gasteiger partial charge >= 0.3 is 0 Å². The number of nitrogens with zero attached hydrogens (tertiary/aromatic N) is 4. The third-order valence-corrected chi connectivity index (χ3v) is 3.80.